The molecule has 0 aliphatic carbocycles. The van der Waals surface area contributed by atoms with Gasteiger partial charge in [0.15, 0.2) is 0 Å². The quantitative estimate of drug-likeness (QED) is 0.222. The number of hydrogen-bond donors (Lipinski definition) is 3. The number of aryl methyl sites for hydroxylation is 1. The third-order valence-electron chi connectivity index (χ3n) is 7.47. The Morgan fingerprint density at radius 1 is 0.952 bits per heavy atom. The molecule has 1 unspecified atom stereocenters. The Balaban J connectivity index is 1.43. The van der Waals surface area contributed by atoms with Crippen LogP contribution in [0.3, 0.4) is 0 Å². The standard InChI is InChI=1S/C31H35N7O4/c1-37(27-14-16-35-38(27)2)30(40)31(18-26(39)36-31)17-23-13-15-32-29(34-20-22-7-11-25(42-4)12-8-22)28(23)33-19-21-5-9-24(41-3)10-6-21/h5-16,33H,17-20H2,1-4H3,(H,32,34)(H,36,39). The number of pyridine rings is 1. The minimum absolute atomic E-state index is 0.0862. The van der Waals surface area contributed by atoms with E-state index in [0.717, 1.165) is 33.9 Å². The van der Waals surface area contributed by atoms with Gasteiger partial charge in [0.2, 0.25) is 5.91 Å². The highest BCUT2D eigenvalue weighted by Gasteiger charge is 2.51. The molecule has 3 heterocycles. The van der Waals surface area contributed by atoms with Crippen LogP contribution in [0.25, 0.3) is 0 Å². The van der Waals surface area contributed by atoms with Gasteiger partial charge in [0.05, 0.1) is 32.5 Å². The van der Waals surface area contributed by atoms with Crippen molar-refractivity contribution in [3.05, 3.63) is 89.7 Å². The molecule has 4 aromatic rings. The number of nitrogens with one attached hydrogen (secondary N) is 3. The first-order chi connectivity index (χ1) is 20.3. The number of methoxy groups -OCH3 is 2. The summed E-state index contributed by atoms with van der Waals surface area (Å²) >= 11 is 0. The number of β-lactam (4-membered cyclic amide) rings is 1. The van der Waals surface area contributed by atoms with Gasteiger partial charge < -0.3 is 25.4 Å². The Bertz CT molecular complexity index is 1540. The molecule has 11 nitrogen and oxygen atoms in total. The van der Waals surface area contributed by atoms with Gasteiger partial charge in [-0.15, -0.1) is 0 Å². The number of benzene rings is 2. The third-order valence-corrected chi connectivity index (χ3v) is 7.47. The molecular formula is C31H35N7O4. The number of nitrogens with zero attached hydrogens (tertiary/aromatic N) is 4. The summed E-state index contributed by atoms with van der Waals surface area (Å²) in [6.45, 7) is 1.05. The van der Waals surface area contributed by atoms with Crippen molar-refractivity contribution in [1.29, 1.82) is 0 Å². The lowest BCUT2D eigenvalue weighted by Crippen LogP contribution is -2.70. The summed E-state index contributed by atoms with van der Waals surface area (Å²) < 4.78 is 12.2. The summed E-state index contributed by atoms with van der Waals surface area (Å²) in [4.78, 5) is 32.3. The molecule has 11 heteroatoms. The van der Waals surface area contributed by atoms with Crippen LogP contribution in [-0.4, -0.2) is 53.4 Å². The fourth-order valence-corrected chi connectivity index (χ4v) is 5.12. The molecule has 42 heavy (non-hydrogen) atoms. The first-order valence-corrected chi connectivity index (χ1v) is 13.6. The zero-order valence-electron chi connectivity index (χ0n) is 24.2. The monoisotopic (exact) mass is 569 g/mol. The van der Waals surface area contributed by atoms with Crippen molar-refractivity contribution in [3.8, 4) is 11.5 Å². The molecule has 3 N–H and O–H groups in total. The molecule has 1 atom stereocenters. The Kier molecular flexibility index (Phi) is 8.28. The van der Waals surface area contributed by atoms with Crippen molar-refractivity contribution in [2.75, 3.05) is 36.8 Å². The lowest BCUT2D eigenvalue weighted by Gasteiger charge is -2.43. The Hall–Kier alpha value is -5.06. The molecule has 0 bridgehead atoms. The predicted octanol–water partition coefficient (Wildman–Crippen LogP) is 3.52. The number of carbonyl (C=O) groups is 2. The van der Waals surface area contributed by atoms with Crippen molar-refractivity contribution >= 4 is 29.1 Å². The minimum atomic E-state index is -1.10. The average molecular weight is 570 g/mol. The van der Waals surface area contributed by atoms with Gasteiger partial charge >= 0.3 is 0 Å². The van der Waals surface area contributed by atoms with Gasteiger partial charge in [-0.05, 0) is 47.0 Å². The molecule has 5 rings (SSSR count). The lowest BCUT2D eigenvalue weighted by atomic mass is 9.79. The largest absolute Gasteiger partial charge is 0.497 e. The van der Waals surface area contributed by atoms with Gasteiger partial charge in [-0.2, -0.15) is 5.10 Å². The Morgan fingerprint density at radius 2 is 1.55 bits per heavy atom. The van der Waals surface area contributed by atoms with E-state index in [1.54, 1.807) is 56.4 Å². The topological polar surface area (TPSA) is 123 Å². The molecule has 0 saturated carbocycles. The summed E-state index contributed by atoms with van der Waals surface area (Å²) in [5.41, 5.74) is 2.62. The van der Waals surface area contributed by atoms with Crippen molar-refractivity contribution in [2.45, 2.75) is 31.5 Å². The van der Waals surface area contributed by atoms with Gasteiger partial charge in [-0.3, -0.25) is 19.2 Å². The molecular weight excluding hydrogens is 534 g/mol. The lowest BCUT2D eigenvalue weighted by molar-refractivity contribution is -0.142. The van der Waals surface area contributed by atoms with Crippen molar-refractivity contribution in [2.24, 2.45) is 7.05 Å². The summed E-state index contributed by atoms with van der Waals surface area (Å²) in [6.07, 6.45) is 3.72. The van der Waals surface area contributed by atoms with E-state index >= 15 is 0 Å². The third kappa shape index (κ3) is 5.99. The van der Waals surface area contributed by atoms with Crippen LogP contribution in [0.2, 0.25) is 0 Å². The van der Waals surface area contributed by atoms with Crippen molar-refractivity contribution < 1.29 is 19.1 Å². The van der Waals surface area contributed by atoms with E-state index in [9.17, 15) is 9.59 Å². The number of rotatable bonds is 12. The molecule has 2 aromatic carbocycles. The maximum Gasteiger partial charge on any atom is 0.254 e. The molecule has 1 fully saturated rings. The first-order valence-electron chi connectivity index (χ1n) is 13.6. The second kappa shape index (κ2) is 12.2. The second-order valence-corrected chi connectivity index (χ2v) is 10.3. The van der Waals surface area contributed by atoms with Crippen LogP contribution in [0.4, 0.5) is 17.3 Å². The Labute approximate surface area is 244 Å². The summed E-state index contributed by atoms with van der Waals surface area (Å²) in [5, 5.41) is 14.1. The maximum atomic E-state index is 13.8. The summed E-state index contributed by atoms with van der Waals surface area (Å²) in [6, 6.07) is 19.3. The first kappa shape index (κ1) is 28.5. The van der Waals surface area contributed by atoms with Crippen LogP contribution in [0.5, 0.6) is 11.5 Å². The van der Waals surface area contributed by atoms with E-state index in [0.29, 0.717) is 24.7 Å². The highest BCUT2D eigenvalue weighted by molar-refractivity contribution is 6.08. The number of amides is 2. The van der Waals surface area contributed by atoms with Crippen LogP contribution < -0.4 is 30.3 Å². The molecule has 2 aromatic heterocycles. The van der Waals surface area contributed by atoms with Gasteiger partial charge in [0, 0.05) is 45.9 Å². The molecule has 1 saturated heterocycles. The van der Waals surface area contributed by atoms with E-state index in [1.165, 1.54) is 0 Å². The number of carbonyl (C=O) groups excluding carboxylic acids is 2. The van der Waals surface area contributed by atoms with Crippen molar-refractivity contribution in [1.82, 2.24) is 20.1 Å². The SMILES string of the molecule is COc1ccc(CNc2nccc(CC3(C(=O)N(C)c4ccnn4C)CC(=O)N3)c2NCc2ccc(OC)cc2)cc1. The van der Waals surface area contributed by atoms with E-state index in [1.807, 2.05) is 54.6 Å². The molecule has 218 valence electrons. The second-order valence-electron chi connectivity index (χ2n) is 10.3. The number of hydrogen-bond acceptors (Lipinski definition) is 8. The number of anilines is 3. The minimum Gasteiger partial charge on any atom is -0.497 e. The highest BCUT2D eigenvalue weighted by Crippen LogP contribution is 2.34. The van der Waals surface area contributed by atoms with E-state index < -0.39 is 5.54 Å². The number of likely N-dealkylation sites (N-methyl/N-ethyl adjacent to an activating group) is 1. The fraction of sp³-hybridized carbons (Fsp3) is 0.290. The normalized spacial score (nSPS) is 15.8. The predicted molar refractivity (Wildman–Crippen MR) is 161 cm³/mol. The molecule has 0 spiro atoms. The zero-order valence-corrected chi connectivity index (χ0v) is 24.2. The summed E-state index contributed by atoms with van der Waals surface area (Å²) in [7, 11) is 6.75. The molecule has 2 amide bonds. The van der Waals surface area contributed by atoms with Crippen molar-refractivity contribution in [3.63, 3.8) is 0 Å². The Morgan fingerprint density at radius 3 is 2.07 bits per heavy atom. The summed E-state index contributed by atoms with van der Waals surface area (Å²) in [5.74, 6) is 2.47. The van der Waals surface area contributed by atoms with Crippen LogP contribution >= 0.6 is 0 Å². The van der Waals surface area contributed by atoms with Crippen LogP contribution in [0.1, 0.15) is 23.1 Å². The number of aromatic nitrogens is 3. The molecule has 1 aliphatic rings. The smallest absolute Gasteiger partial charge is 0.254 e. The van der Waals surface area contributed by atoms with Gasteiger partial charge in [-0.1, -0.05) is 24.3 Å². The van der Waals surface area contributed by atoms with E-state index in [-0.39, 0.29) is 24.7 Å². The van der Waals surface area contributed by atoms with Gasteiger partial charge in [0.1, 0.15) is 28.7 Å². The van der Waals surface area contributed by atoms with Crippen LogP contribution in [0.15, 0.2) is 73.1 Å². The molecule has 1 aliphatic heterocycles. The van der Waals surface area contributed by atoms with E-state index in [4.69, 9.17) is 9.47 Å². The molecule has 0 radical (unpaired) electrons. The average Bonchev–Trinajstić information content (AvgIpc) is 3.43. The van der Waals surface area contributed by atoms with Gasteiger partial charge in [0.25, 0.3) is 5.91 Å². The van der Waals surface area contributed by atoms with Crippen LogP contribution in [-0.2, 0) is 36.1 Å². The fourth-order valence-electron chi connectivity index (χ4n) is 5.12. The number of ether oxygens (including phenoxy) is 2. The highest BCUT2D eigenvalue weighted by atomic mass is 16.5. The van der Waals surface area contributed by atoms with Crippen LogP contribution in [0, 0.1) is 0 Å². The maximum absolute atomic E-state index is 13.8. The zero-order chi connectivity index (χ0) is 29.7. The van der Waals surface area contributed by atoms with Gasteiger partial charge in [-0.25, -0.2) is 4.98 Å². The van der Waals surface area contributed by atoms with E-state index in [2.05, 4.69) is 26.0 Å².